The molecular weight excluding hydrogens is 261 g/mol. The van der Waals surface area contributed by atoms with E-state index in [1.807, 2.05) is 0 Å². The van der Waals surface area contributed by atoms with E-state index in [2.05, 4.69) is 0 Å². The molecule has 1 aromatic rings. The summed E-state index contributed by atoms with van der Waals surface area (Å²) in [6.45, 7) is 1.28. The number of amides is 1. The number of hydrogen-bond donors (Lipinski definition) is 1. The van der Waals surface area contributed by atoms with E-state index in [0.717, 1.165) is 18.4 Å². The lowest BCUT2D eigenvalue weighted by molar-refractivity contribution is -0.141. The predicted molar refractivity (Wildman–Crippen MR) is 71.8 cm³/mol. The third kappa shape index (κ3) is 3.79. The van der Waals surface area contributed by atoms with Crippen molar-refractivity contribution in [2.24, 2.45) is 0 Å². The summed E-state index contributed by atoms with van der Waals surface area (Å²) in [6.07, 6.45) is 1.63. The number of nitrogens with zero attached hydrogens (tertiary/aromatic N) is 1. The van der Waals surface area contributed by atoms with Crippen LogP contribution >= 0.6 is 0 Å². The summed E-state index contributed by atoms with van der Waals surface area (Å²) in [5.74, 6) is -0.932. The van der Waals surface area contributed by atoms with E-state index in [9.17, 15) is 14.0 Å². The lowest BCUT2D eigenvalue weighted by Crippen LogP contribution is -2.38. The number of carbonyl (C=O) groups excluding carboxylic acids is 1. The van der Waals surface area contributed by atoms with Crippen LogP contribution in [0.15, 0.2) is 24.3 Å². The molecule has 2 rings (SSSR count). The van der Waals surface area contributed by atoms with Crippen LogP contribution in [0, 0.1) is 5.82 Å². The van der Waals surface area contributed by atoms with Crippen LogP contribution < -0.4 is 0 Å². The highest BCUT2D eigenvalue weighted by Crippen LogP contribution is 2.28. The van der Waals surface area contributed by atoms with Gasteiger partial charge in [-0.05, 0) is 36.5 Å². The third-order valence-corrected chi connectivity index (χ3v) is 3.74. The maximum absolute atomic E-state index is 12.9. The van der Waals surface area contributed by atoms with Crippen LogP contribution in [0.4, 0.5) is 4.39 Å². The zero-order valence-electron chi connectivity index (χ0n) is 11.2. The Morgan fingerprint density at radius 1 is 1.15 bits per heavy atom. The second kappa shape index (κ2) is 6.50. The fourth-order valence-corrected chi connectivity index (χ4v) is 2.57. The van der Waals surface area contributed by atoms with Gasteiger partial charge in [0, 0.05) is 19.5 Å². The summed E-state index contributed by atoms with van der Waals surface area (Å²) in [5, 5.41) is 8.57. The average Bonchev–Trinajstić information content (AvgIpc) is 2.46. The molecule has 0 spiro atoms. The average molecular weight is 279 g/mol. The zero-order valence-corrected chi connectivity index (χ0v) is 11.2. The molecule has 1 N–H and O–H groups in total. The van der Waals surface area contributed by atoms with Crippen LogP contribution in [0.1, 0.15) is 37.2 Å². The van der Waals surface area contributed by atoms with E-state index >= 15 is 0 Å². The van der Waals surface area contributed by atoms with Gasteiger partial charge in [0.15, 0.2) is 0 Å². The van der Waals surface area contributed by atoms with Gasteiger partial charge in [0.2, 0.25) is 5.91 Å². The Kier molecular flexibility index (Phi) is 4.71. The van der Waals surface area contributed by atoms with Crippen LogP contribution in [0.5, 0.6) is 0 Å². The summed E-state index contributed by atoms with van der Waals surface area (Å²) in [6, 6.07) is 6.50. The molecule has 1 amide bonds. The molecule has 0 unspecified atom stereocenters. The van der Waals surface area contributed by atoms with Gasteiger partial charge in [-0.15, -0.1) is 0 Å². The summed E-state index contributed by atoms with van der Waals surface area (Å²) >= 11 is 0. The Hall–Kier alpha value is -1.91. The first-order chi connectivity index (χ1) is 9.56. The van der Waals surface area contributed by atoms with Crippen molar-refractivity contribution in [2.75, 3.05) is 13.1 Å². The normalized spacial score (nSPS) is 16.1. The molecule has 0 bridgehead atoms. The Labute approximate surface area is 117 Å². The van der Waals surface area contributed by atoms with Gasteiger partial charge in [0.05, 0.1) is 6.42 Å². The van der Waals surface area contributed by atoms with Gasteiger partial charge in [0.1, 0.15) is 5.82 Å². The fourth-order valence-electron chi connectivity index (χ4n) is 2.57. The number of aliphatic carboxylic acids is 1. The maximum atomic E-state index is 12.9. The molecule has 108 valence electrons. The van der Waals surface area contributed by atoms with Gasteiger partial charge in [0.25, 0.3) is 0 Å². The first-order valence-electron chi connectivity index (χ1n) is 6.81. The molecule has 0 aliphatic carbocycles. The van der Waals surface area contributed by atoms with Gasteiger partial charge in [-0.1, -0.05) is 12.1 Å². The lowest BCUT2D eigenvalue weighted by Gasteiger charge is -2.32. The number of carboxylic acid groups (broad SMARTS) is 1. The van der Waals surface area contributed by atoms with Gasteiger partial charge in [-0.2, -0.15) is 0 Å². The van der Waals surface area contributed by atoms with E-state index in [-0.39, 0.29) is 24.6 Å². The van der Waals surface area contributed by atoms with Crippen molar-refractivity contribution in [1.29, 1.82) is 0 Å². The molecule has 20 heavy (non-hydrogen) atoms. The number of benzene rings is 1. The SMILES string of the molecule is O=C(O)CCC(=O)N1CCC(c2ccc(F)cc2)CC1. The molecule has 4 nitrogen and oxygen atoms in total. The molecule has 5 heteroatoms. The van der Waals surface area contributed by atoms with Gasteiger partial charge in [-0.25, -0.2) is 4.39 Å². The van der Waals surface area contributed by atoms with Crippen molar-refractivity contribution in [3.63, 3.8) is 0 Å². The molecule has 0 atom stereocenters. The van der Waals surface area contributed by atoms with Crippen LogP contribution in [0.3, 0.4) is 0 Å². The van der Waals surface area contributed by atoms with E-state index in [0.29, 0.717) is 19.0 Å². The molecule has 1 saturated heterocycles. The summed E-state index contributed by atoms with van der Waals surface area (Å²) in [7, 11) is 0. The first kappa shape index (κ1) is 14.5. The van der Waals surface area contributed by atoms with Gasteiger partial charge < -0.3 is 10.0 Å². The third-order valence-electron chi connectivity index (χ3n) is 3.74. The van der Waals surface area contributed by atoms with E-state index in [4.69, 9.17) is 5.11 Å². The number of hydrogen-bond acceptors (Lipinski definition) is 2. The molecule has 0 aromatic heterocycles. The molecule has 0 radical (unpaired) electrons. The second-order valence-electron chi connectivity index (χ2n) is 5.10. The predicted octanol–water partition coefficient (Wildman–Crippen LogP) is 2.40. The van der Waals surface area contributed by atoms with E-state index in [1.54, 1.807) is 17.0 Å². The van der Waals surface area contributed by atoms with Gasteiger partial charge >= 0.3 is 5.97 Å². The lowest BCUT2D eigenvalue weighted by atomic mass is 9.89. The van der Waals surface area contributed by atoms with Crippen LogP contribution in [-0.2, 0) is 9.59 Å². The van der Waals surface area contributed by atoms with Crippen molar-refractivity contribution >= 4 is 11.9 Å². The zero-order chi connectivity index (χ0) is 14.5. The number of likely N-dealkylation sites (tertiary alicyclic amines) is 1. The summed E-state index contributed by atoms with van der Waals surface area (Å²) in [5.41, 5.74) is 1.10. The number of carbonyl (C=O) groups is 2. The van der Waals surface area contributed by atoms with Crippen molar-refractivity contribution < 1.29 is 19.1 Å². The fraction of sp³-hybridized carbons (Fsp3) is 0.467. The highest BCUT2D eigenvalue weighted by atomic mass is 19.1. The van der Waals surface area contributed by atoms with Crippen molar-refractivity contribution in [2.45, 2.75) is 31.6 Å². The highest BCUT2D eigenvalue weighted by molar-refractivity contribution is 5.80. The molecule has 1 aromatic carbocycles. The Bertz CT molecular complexity index is 478. The topological polar surface area (TPSA) is 57.6 Å². The van der Waals surface area contributed by atoms with Crippen molar-refractivity contribution in [3.8, 4) is 0 Å². The minimum atomic E-state index is -0.945. The van der Waals surface area contributed by atoms with Crippen LogP contribution in [-0.4, -0.2) is 35.0 Å². The number of carboxylic acids is 1. The minimum absolute atomic E-state index is 0.0660. The van der Waals surface area contributed by atoms with Crippen molar-refractivity contribution in [3.05, 3.63) is 35.6 Å². The largest absolute Gasteiger partial charge is 0.481 e. The van der Waals surface area contributed by atoms with Crippen LogP contribution in [0.25, 0.3) is 0 Å². The summed E-state index contributed by atoms with van der Waals surface area (Å²) < 4.78 is 12.9. The number of piperidine rings is 1. The molecular formula is C15H18FNO3. The standard InChI is InChI=1S/C15H18FNO3/c16-13-3-1-11(2-4-13)12-7-9-17(10-8-12)14(18)5-6-15(19)20/h1-4,12H,5-10H2,(H,19,20). The van der Waals surface area contributed by atoms with Gasteiger partial charge in [-0.3, -0.25) is 9.59 Å². The molecule has 1 aliphatic heterocycles. The van der Waals surface area contributed by atoms with E-state index in [1.165, 1.54) is 12.1 Å². The number of rotatable bonds is 4. The quantitative estimate of drug-likeness (QED) is 0.920. The molecule has 1 aliphatic rings. The highest BCUT2D eigenvalue weighted by Gasteiger charge is 2.23. The van der Waals surface area contributed by atoms with E-state index < -0.39 is 5.97 Å². The minimum Gasteiger partial charge on any atom is -0.481 e. The molecule has 1 heterocycles. The summed E-state index contributed by atoms with van der Waals surface area (Å²) in [4.78, 5) is 24.0. The van der Waals surface area contributed by atoms with Crippen molar-refractivity contribution in [1.82, 2.24) is 4.90 Å². The molecule has 1 fully saturated rings. The van der Waals surface area contributed by atoms with Crippen LogP contribution in [0.2, 0.25) is 0 Å². The maximum Gasteiger partial charge on any atom is 0.303 e. The Morgan fingerprint density at radius 2 is 1.75 bits per heavy atom. The number of halogens is 1. The molecule has 0 saturated carbocycles. The Balaban J connectivity index is 1.84. The Morgan fingerprint density at radius 3 is 2.30 bits per heavy atom. The smallest absolute Gasteiger partial charge is 0.303 e. The monoisotopic (exact) mass is 279 g/mol. The first-order valence-corrected chi connectivity index (χ1v) is 6.81. The second-order valence-corrected chi connectivity index (χ2v) is 5.10.